The number of hydrogen-bond donors (Lipinski definition) is 0. The van der Waals surface area contributed by atoms with Gasteiger partial charge in [0, 0.05) is 10.0 Å². The number of halogens is 2. The molecule has 0 bridgehead atoms. The molecule has 0 radical (unpaired) electrons. The average Bonchev–Trinajstić information content (AvgIpc) is 3.13. The minimum atomic E-state index is -0.818. The van der Waals surface area contributed by atoms with Gasteiger partial charge in [0.25, 0.3) is 11.8 Å². The number of aliphatic imine (C=N–C) groups is 1. The van der Waals surface area contributed by atoms with E-state index in [4.69, 9.17) is 27.9 Å². The monoisotopic (exact) mass is 470 g/mol. The topological polar surface area (TPSA) is 91.6 Å². The van der Waals surface area contributed by atoms with Crippen LogP contribution in [0.1, 0.15) is 18.1 Å². The zero-order valence-electron chi connectivity index (χ0n) is 17.0. The third-order valence-corrected chi connectivity index (χ3v) is 5.22. The Morgan fingerprint density at radius 3 is 2.50 bits per heavy atom. The first-order valence-electron chi connectivity index (χ1n) is 9.57. The van der Waals surface area contributed by atoms with Gasteiger partial charge in [-0.3, -0.25) is 9.59 Å². The van der Waals surface area contributed by atoms with Crippen LogP contribution in [-0.4, -0.2) is 41.1 Å². The van der Waals surface area contributed by atoms with Gasteiger partial charge in [0.2, 0.25) is 11.8 Å². The van der Waals surface area contributed by atoms with Crippen LogP contribution < -0.4 is 5.01 Å². The van der Waals surface area contributed by atoms with E-state index < -0.39 is 17.8 Å². The highest BCUT2D eigenvalue weighted by molar-refractivity contribution is 6.50. The SMILES string of the molecule is CCOC(=O)C1=NN(c2ccc(C)cc2)C2=NC(=O)/C(=C/c3ccc(Cl)cc3Cl)C(=O)N12. The van der Waals surface area contributed by atoms with Gasteiger partial charge >= 0.3 is 5.97 Å². The zero-order chi connectivity index (χ0) is 23.0. The summed E-state index contributed by atoms with van der Waals surface area (Å²) >= 11 is 12.1. The molecule has 0 N–H and O–H groups in total. The van der Waals surface area contributed by atoms with Crippen molar-refractivity contribution in [3.63, 3.8) is 0 Å². The first-order chi connectivity index (χ1) is 15.3. The van der Waals surface area contributed by atoms with Crippen molar-refractivity contribution in [2.75, 3.05) is 11.6 Å². The van der Waals surface area contributed by atoms with Gasteiger partial charge in [-0.25, -0.2) is 9.69 Å². The number of rotatable bonds is 4. The molecule has 2 aliphatic heterocycles. The third kappa shape index (κ3) is 3.90. The van der Waals surface area contributed by atoms with E-state index in [-0.39, 0.29) is 29.0 Å². The molecule has 8 nitrogen and oxygen atoms in total. The van der Waals surface area contributed by atoms with E-state index in [1.54, 1.807) is 31.2 Å². The van der Waals surface area contributed by atoms with Crippen molar-refractivity contribution in [2.45, 2.75) is 13.8 Å². The minimum absolute atomic E-state index is 0.0822. The standard InChI is InChI=1S/C22H16Cl2N4O4/c1-3-32-21(31)18-26-28(15-8-4-12(2)5-9-15)22-25-19(29)16(20(30)27(18)22)10-13-6-7-14(23)11-17(13)24/h4-11H,3H2,1-2H3/b16-10-. The molecule has 2 aromatic rings. The number of esters is 1. The number of anilines is 1. The minimum Gasteiger partial charge on any atom is -0.460 e. The number of guanidine groups is 1. The Morgan fingerprint density at radius 1 is 1.12 bits per heavy atom. The summed E-state index contributed by atoms with van der Waals surface area (Å²) in [5.74, 6) is -2.78. The number of benzene rings is 2. The van der Waals surface area contributed by atoms with Crippen LogP contribution in [0.5, 0.6) is 0 Å². The van der Waals surface area contributed by atoms with Crippen LogP contribution in [-0.2, 0) is 19.1 Å². The molecule has 0 fully saturated rings. The highest BCUT2D eigenvalue weighted by Crippen LogP contribution is 2.29. The van der Waals surface area contributed by atoms with Crippen molar-refractivity contribution in [1.29, 1.82) is 0 Å². The lowest BCUT2D eigenvalue weighted by atomic mass is 10.1. The summed E-state index contributed by atoms with van der Waals surface area (Å²) in [6, 6.07) is 11.8. The number of ether oxygens (including phenoxy) is 1. The summed E-state index contributed by atoms with van der Waals surface area (Å²) in [6.45, 7) is 3.63. The Balaban J connectivity index is 1.82. The van der Waals surface area contributed by atoms with Crippen LogP contribution in [0.4, 0.5) is 5.69 Å². The van der Waals surface area contributed by atoms with Crippen LogP contribution in [0.3, 0.4) is 0 Å². The van der Waals surface area contributed by atoms with Gasteiger partial charge in [0.05, 0.1) is 12.3 Å². The molecule has 10 heteroatoms. The quantitative estimate of drug-likeness (QED) is 0.384. The number of fused-ring (bicyclic) bond motifs is 1. The van der Waals surface area contributed by atoms with Crippen LogP contribution in [0, 0.1) is 6.92 Å². The smallest absolute Gasteiger partial charge is 0.376 e. The average molecular weight is 471 g/mol. The molecule has 2 aromatic carbocycles. The van der Waals surface area contributed by atoms with Crippen molar-refractivity contribution in [1.82, 2.24) is 4.90 Å². The molecule has 0 unspecified atom stereocenters. The predicted molar refractivity (Wildman–Crippen MR) is 121 cm³/mol. The summed E-state index contributed by atoms with van der Waals surface area (Å²) < 4.78 is 5.05. The number of aryl methyl sites for hydroxylation is 1. The fourth-order valence-electron chi connectivity index (χ4n) is 3.11. The lowest BCUT2D eigenvalue weighted by Gasteiger charge is -2.24. The summed E-state index contributed by atoms with van der Waals surface area (Å²) in [6.07, 6.45) is 1.31. The van der Waals surface area contributed by atoms with Crippen LogP contribution >= 0.6 is 23.2 Å². The van der Waals surface area contributed by atoms with Crippen molar-refractivity contribution >= 4 is 64.5 Å². The van der Waals surface area contributed by atoms with Crippen LogP contribution in [0.15, 0.2) is 58.1 Å². The van der Waals surface area contributed by atoms with Gasteiger partial charge in [0.15, 0.2) is 0 Å². The number of carbonyl (C=O) groups excluding carboxylic acids is 3. The second-order valence-electron chi connectivity index (χ2n) is 6.87. The number of amides is 2. The van der Waals surface area contributed by atoms with Crippen molar-refractivity contribution in [3.05, 3.63) is 69.2 Å². The Bertz CT molecular complexity index is 1230. The summed E-state index contributed by atoms with van der Waals surface area (Å²) in [7, 11) is 0. The molecule has 2 aliphatic rings. The van der Waals surface area contributed by atoms with Gasteiger partial charge in [-0.1, -0.05) is 47.0 Å². The number of carbonyl (C=O) groups is 3. The molecule has 2 heterocycles. The van der Waals surface area contributed by atoms with Gasteiger partial charge < -0.3 is 4.74 Å². The molecule has 0 spiro atoms. The van der Waals surface area contributed by atoms with Crippen LogP contribution in [0.25, 0.3) is 6.08 Å². The summed E-state index contributed by atoms with van der Waals surface area (Å²) in [5.41, 5.74) is 1.64. The predicted octanol–water partition coefficient (Wildman–Crippen LogP) is 3.81. The molecule has 4 rings (SSSR count). The van der Waals surface area contributed by atoms with Crippen molar-refractivity contribution in [2.24, 2.45) is 10.1 Å². The molecule has 0 aromatic heterocycles. The lowest BCUT2D eigenvalue weighted by molar-refractivity contribution is -0.137. The van der Waals surface area contributed by atoms with E-state index in [1.807, 2.05) is 19.1 Å². The molecule has 0 saturated carbocycles. The number of amidine groups is 1. The van der Waals surface area contributed by atoms with E-state index in [0.29, 0.717) is 16.3 Å². The number of hydrazone groups is 1. The van der Waals surface area contributed by atoms with Gasteiger partial charge in [-0.05, 0) is 49.8 Å². The highest BCUT2D eigenvalue weighted by Gasteiger charge is 2.46. The summed E-state index contributed by atoms with van der Waals surface area (Å²) in [5, 5.41) is 6.15. The molecule has 2 amide bonds. The Morgan fingerprint density at radius 2 is 1.84 bits per heavy atom. The van der Waals surface area contributed by atoms with Gasteiger partial charge in [0.1, 0.15) is 5.57 Å². The van der Waals surface area contributed by atoms with E-state index in [1.165, 1.54) is 17.2 Å². The molecule has 0 aliphatic carbocycles. The van der Waals surface area contributed by atoms with E-state index in [0.717, 1.165) is 10.5 Å². The largest absolute Gasteiger partial charge is 0.460 e. The van der Waals surface area contributed by atoms with E-state index in [9.17, 15) is 14.4 Å². The summed E-state index contributed by atoms with van der Waals surface area (Å²) in [4.78, 5) is 43.7. The fourth-order valence-corrected chi connectivity index (χ4v) is 3.57. The molecule has 162 valence electrons. The maximum Gasteiger partial charge on any atom is 0.376 e. The van der Waals surface area contributed by atoms with Gasteiger partial charge in [-0.2, -0.15) is 10.0 Å². The fraction of sp³-hybridized carbons (Fsp3) is 0.136. The third-order valence-electron chi connectivity index (χ3n) is 4.66. The first kappa shape index (κ1) is 21.7. The van der Waals surface area contributed by atoms with Crippen molar-refractivity contribution in [3.8, 4) is 0 Å². The molecule has 0 atom stereocenters. The number of nitrogens with zero attached hydrogens (tertiary/aromatic N) is 4. The Hall–Kier alpha value is -3.49. The molecular weight excluding hydrogens is 455 g/mol. The maximum atomic E-state index is 13.3. The second-order valence-corrected chi connectivity index (χ2v) is 7.72. The second kappa shape index (κ2) is 8.57. The van der Waals surface area contributed by atoms with Gasteiger partial charge in [-0.15, -0.1) is 5.10 Å². The molecular formula is C22H16Cl2N4O4. The Labute approximate surface area is 193 Å². The van der Waals surface area contributed by atoms with Crippen LogP contribution in [0.2, 0.25) is 10.0 Å². The molecule has 32 heavy (non-hydrogen) atoms. The van der Waals surface area contributed by atoms with E-state index >= 15 is 0 Å². The normalized spacial score (nSPS) is 16.8. The highest BCUT2D eigenvalue weighted by atomic mass is 35.5. The Kier molecular flexibility index (Phi) is 5.82. The lowest BCUT2D eigenvalue weighted by Crippen LogP contribution is -2.49. The van der Waals surface area contributed by atoms with Crippen molar-refractivity contribution < 1.29 is 19.1 Å². The molecule has 0 saturated heterocycles. The van der Waals surface area contributed by atoms with E-state index in [2.05, 4.69) is 10.1 Å². The first-order valence-corrected chi connectivity index (χ1v) is 10.3. The zero-order valence-corrected chi connectivity index (χ0v) is 18.5. The maximum absolute atomic E-state index is 13.3. The number of hydrogen-bond acceptors (Lipinski definition) is 6.